The van der Waals surface area contributed by atoms with Gasteiger partial charge in [-0.1, -0.05) is 53.0 Å². The van der Waals surface area contributed by atoms with Gasteiger partial charge < -0.3 is 4.74 Å². The summed E-state index contributed by atoms with van der Waals surface area (Å²) in [7, 11) is 0. The Hall–Kier alpha value is -0.870. The maximum absolute atomic E-state index is 11.8. The van der Waals surface area contributed by atoms with E-state index in [9.17, 15) is 4.79 Å². The van der Waals surface area contributed by atoms with Crippen LogP contribution in [0.1, 0.15) is 11.1 Å². The third kappa shape index (κ3) is 4.32. The zero-order valence-electron chi connectivity index (χ0n) is 10.1. The summed E-state index contributed by atoms with van der Waals surface area (Å²) in [6, 6.07) is 13.8. The van der Waals surface area contributed by atoms with Gasteiger partial charge in [0.05, 0.1) is 0 Å². The predicted octanol–water partition coefficient (Wildman–Crippen LogP) is 6.16. The van der Waals surface area contributed by atoms with Crippen molar-refractivity contribution < 1.29 is 9.53 Å². The fraction of sp³-hybridized carbons (Fsp3) is 0.0714. The van der Waals surface area contributed by atoms with E-state index in [1.807, 2.05) is 0 Å². The van der Waals surface area contributed by atoms with E-state index in [0.717, 1.165) is 16.7 Å². The fourth-order valence-electron chi connectivity index (χ4n) is 1.43. The minimum Gasteiger partial charge on any atom is -0.433 e. The first-order valence-electron chi connectivity index (χ1n) is 5.59. The number of hydrogen-bond acceptors (Lipinski definition) is 3. The molecule has 0 radical (unpaired) electrons. The lowest BCUT2D eigenvalue weighted by Crippen LogP contribution is -2.02. The summed E-state index contributed by atoms with van der Waals surface area (Å²) in [6.45, 7) is 0. The molecule has 0 aromatic heterocycles. The third-order valence-electron chi connectivity index (χ3n) is 2.36. The molecule has 2 nitrogen and oxygen atoms in total. The summed E-state index contributed by atoms with van der Waals surface area (Å²) in [5.41, 5.74) is -0.364. The van der Waals surface area contributed by atoms with Crippen LogP contribution in [0.15, 0.2) is 53.4 Å². The maximum Gasteiger partial charge on any atom is 0.373 e. The molecule has 0 N–H and O–H groups in total. The Bertz CT molecular complexity index is 602. The van der Waals surface area contributed by atoms with Crippen molar-refractivity contribution in [3.05, 3.63) is 64.1 Å². The van der Waals surface area contributed by atoms with Gasteiger partial charge in [0.25, 0.3) is 0 Å². The molecule has 0 saturated carbocycles. The first kappa shape index (κ1) is 15.5. The van der Waals surface area contributed by atoms with E-state index in [4.69, 9.17) is 39.5 Å². The van der Waals surface area contributed by atoms with Crippen LogP contribution in [0.3, 0.4) is 0 Å². The largest absolute Gasteiger partial charge is 0.433 e. The van der Waals surface area contributed by atoms with Gasteiger partial charge in [-0.3, -0.25) is 0 Å². The van der Waals surface area contributed by atoms with Gasteiger partial charge in [0.15, 0.2) is 0 Å². The number of benzene rings is 2. The Balaban J connectivity index is 1.98. The average Bonchev–Trinajstić information content (AvgIpc) is 2.41. The van der Waals surface area contributed by atoms with E-state index in [1.54, 1.807) is 48.5 Å². The van der Waals surface area contributed by atoms with Crippen LogP contribution in [-0.4, -0.2) is 5.30 Å². The van der Waals surface area contributed by atoms with Crippen molar-refractivity contribution in [1.82, 2.24) is 0 Å². The summed E-state index contributed by atoms with van der Waals surface area (Å²) < 4.78 is 5.12. The Morgan fingerprint density at radius 2 is 1.70 bits per heavy atom. The molecule has 2 aromatic carbocycles. The first-order chi connectivity index (χ1) is 9.56. The molecular weight excluding hydrogens is 339 g/mol. The highest BCUT2D eigenvalue weighted by molar-refractivity contribution is 8.13. The highest BCUT2D eigenvalue weighted by Crippen LogP contribution is 2.31. The number of carbonyl (C=O) groups excluding carboxylic acids is 1. The number of alkyl halides is 1. The molecule has 104 valence electrons. The normalized spacial score (nSPS) is 11.9. The van der Waals surface area contributed by atoms with E-state index in [2.05, 4.69) is 0 Å². The number of halogens is 3. The monoisotopic (exact) mass is 346 g/mol. The van der Waals surface area contributed by atoms with Crippen molar-refractivity contribution in [1.29, 1.82) is 0 Å². The lowest BCUT2D eigenvalue weighted by Gasteiger charge is -2.12. The van der Waals surface area contributed by atoms with Gasteiger partial charge in [-0.05, 0) is 42.1 Å². The Kier molecular flexibility index (Phi) is 5.61. The van der Waals surface area contributed by atoms with Crippen LogP contribution in [0.4, 0.5) is 4.79 Å². The van der Waals surface area contributed by atoms with Gasteiger partial charge in [0.2, 0.25) is 5.56 Å². The molecule has 0 fully saturated rings. The Morgan fingerprint density at radius 3 is 2.35 bits per heavy atom. The average molecular weight is 348 g/mol. The second kappa shape index (κ2) is 7.23. The highest BCUT2D eigenvalue weighted by atomic mass is 35.5. The fourth-order valence-corrected chi connectivity index (χ4v) is 2.78. The standard InChI is InChI=1S/C14H9Cl3O2S/c15-9-5-7-10(8-6-9)20-14(18)19-13(17)11-3-1-2-4-12(11)16/h1-8,13H/t13-/m0/s1. The van der Waals surface area contributed by atoms with Crippen LogP contribution in [0.25, 0.3) is 0 Å². The second-order valence-electron chi connectivity index (χ2n) is 3.76. The zero-order valence-corrected chi connectivity index (χ0v) is 13.1. The number of thioether (sulfide) groups is 1. The van der Waals surface area contributed by atoms with Crippen LogP contribution in [0.5, 0.6) is 0 Å². The molecule has 0 heterocycles. The lowest BCUT2D eigenvalue weighted by molar-refractivity contribution is 0.162. The van der Waals surface area contributed by atoms with Crippen molar-refractivity contribution in [2.24, 2.45) is 0 Å². The molecule has 0 amide bonds. The number of carbonyl (C=O) groups is 1. The molecule has 0 bridgehead atoms. The van der Waals surface area contributed by atoms with E-state index >= 15 is 0 Å². The summed E-state index contributed by atoms with van der Waals surface area (Å²) in [5.74, 6) is 0. The number of hydrogen-bond donors (Lipinski definition) is 0. The molecule has 6 heteroatoms. The molecule has 0 unspecified atom stereocenters. The molecule has 0 aliphatic heterocycles. The SMILES string of the molecule is O=C(O[C@H](Cl)c1ccccc1Cl)Sc1ccc(Cl)cc1. The van der Waals surface area contributed by atoms with Crippen molar-refractivity contribution in [3.8, 4) is 0 Å². The molecule has 0 aliphatic rings. The van der Waals surface area contributed by atoms with E-state index in [0.29, 0.717) is 15.6 Å². The third-order valence-corrected chi connectivity index (χ3v) is 4.06. The van der Waals surface area contributed by atoms with Crippen LogP contribution in [-0.2, 0) is 4.74 Å². The van der Waals surface area contributed by atoms with E-state index in [-0.39, 0.29) is 0 Å². The van der Waals surface area contributed by atoms with Gasteiger partial charge >= 0.3 is 5.30 Å². The van der Waals surface area contributed by atoms with Crippen molar-refractivity contribution >= 4 is 51.9 Å². The van der Waals surface area contributed by atoms with Crippen molar-refractivity contribution in [2.75, 3.05) is 0 Å². The second-order valence-corrected chi connectivity index (χ2v) is 6.01. The first-order valence-corrected chi connectivity index (χ1v) is 7.59. The molecular formula is C14H9Cl3O2S. The van der Waals surface area contributed by atoms with Crippen LogP contribution in [0.2, 0.25) is 10.0 Å². The van der Waals surface area contributed by atoms with Crippen molar-refractivity contribution in [2.45, 2.75) is 10.5 Å². The van der Waals surface area contributed by atoms with Crippen LogP contribution >= 0.6 is 46.6 Å². The summed E-state index contributed by atoms with van der Waals surface area (Å²) in [6.07, 6.45) is 0. The van der Waals surface area contributed by atoms with Gasteiger partial charge in [0, 0.05) is 20.5 Å². The van der Waals surface area contributed by atoms with Gasteiger partial charge in [0.1, 0.15) is 0 Å². The molecule has 2 rings (SSSR count). The molecule has 1 atom stereocenters. The van der Waals surface area contributed by atoms with Gasteiger partial charge in [-0.25, -0.2) is 4.79 Å². The molecule has 0 saturated heterocycles. The molecule has 20 heavy (non-hydrogen) atoms. The van der Waals surface area contributed by atoms with E-state index in [1.165, 1.54) is 0 Å². The number of rotatable bonds is 3. The minimum absolute atomic E-state index is 0.455. The predicted molar refractivity (Wildman–Crippen MR) is 83.8 cm³/mol. The topological polar surface area (TPSA) is 26.3 Å². The van der Waals surface area contributed by atoms with Crippen LogP contribution < -0.4 is 0 Å². The minimum atomic E-state index is -0.920. The number of ether oxygens (including phenoxy) is 1. The lowest BCUT2D eigenvalue weighted by atomic mass is 10.2. The molecule has 2 aromatic rings. The van der Waals surface area contributed by atoms with Gasteiger partial charge in [-0.2, -0.15) is 0 Å². The summed E-state index contributed by atoms with van der Waals surface area (Å²) >= 11 is 18.7. The summed E-state index contributed by atoms with van der Waals surface area (Å²) in [4.78, 5) is 12.5. The Morgan fingerprint density at radius 1 is 1.05 bits per heavy atom. The quantitative estimate of drug-likeness (QED) is 0.378. The Labute approximate surface area is 136 Å². The summed E-state index contributed by atoms with van der Waals surface area (Å²) in [5, 5.41) is 0.554. The van der Waals surface area contributed by atoms with E-state index < -0.39 is 10.9 Å². The van der Waals surface area contributed by atoms with Crippen LogP contribution in [0, 0.1) is 0 Å². The maximum atomic E-state index is 11.8. The molecule has 0 spiro atoms. The smallest absolute Gasteiger partial charge is 0.373 e. The molecule has 0 aliphatic carbocycles. The zero-order chi connectivity index (χ0) is 14.5. The van der Waals surface area contributed by atoms with Gasteiger partial charge in [-0.15, -0.1) is 0 Å². The van der Waals surface area contributed by atoms with Crippen molar-refractivity contribution in [3.63, 3.8) is 0 Å². The highest BCUT2D eigenvalue weighted by Gasteiger charge is 2.17.